The fourth-order valence-corrected chi connectivity index (χ4v) is 2.15. The highest BCUT2D eigenvalue weighted by atomic mass is 14.9. The summed E-state index contributed by atoms with van der Waals surface area (Å²) >= 11 is 0. The maximum Gasteiger partial charge on any atom is -0.00179 e. The Hall–Kier alpha value is -0.0400. The molecule has 1 aliphatic carbocycles. The van der Waals surface area contributed by atoms with E-state index in [1.54, 1.807) is 0 Å². The van der Waals surface area contributed by atoms with Gasteiger partial charge in [-0.05, 0) is 43.7 Å². The Bertz CT molecular complexity index is 129. The zero-order valence-corrected chi connectivity index (χ0v) is 7.47. The van der Waals surface area contributed by atoms with Crippen molar-refractivity contribution in [2.75, 3.05) is 13.1 Å². The van der Waals surface area contributed by atoms with Gasteiger partial charge in [0.2, 0.25) is 0 Å². The molecule has 1 heteroatoms. The maximum absolute atomic E-state index is 3.50. The van der Waals surface area contributed by atoms with Gasteiger partial charge < -0.3 is 5.32 Å². The van der Waals surface area contributed by atoms with Crippen LogP contribution in [-0.2, 0) is 0 Å². The van der Waals surface area contributed by atoms with E-state index in [1.165, 1.54) is 38.8 Å². The highest BCUT2D eigenvalue weighted by Gasteiger charge is 2.29. The van der Waals surface area contributed by atoms with Crippen LogP contribution in [0.1, 0.15) is 32.6 Å². The smallest absolute Gasteiger partial charge is 0.00179 e. The molecule has 2 rings (SSSR count). The van der Waals surface area contributed by atoms with Gasteiger partial charge in [-0.3, -0.25) is 0 Å². The van der Waals surface area contributed by atoms with E-state index in [-0.39, 0.29) is 0 Å². The molecule has 0 bridgehead atoms. The summed E-state index contributed by atoms with van der Waals surface area (Å²) < 4.78 is 0. The van der Waals surface area contributed by atoms with Crippen LogP contribution in [0, 0.1) is 17.8 Å². The molecule has 1 saturated carbocycles. The molecular weight excluding hydrogens is 134 g/mol. The van der Waals surface area contributed by atoms with Crippen molar-refractivity contribution in [1.82, 2.24) is 5.32 Å². The second kappa shape index (κ2) is 3.14. The molecule has 0 radical (unpaired) electrons. The Labute approximate surface area is 69.6 Å². The van der Waals surface area contributed by atoms with Crippen molar-refractivity contribution in [1.29, 1.82) is 0 Å². The molecule has 1 saturated heterocycles. The van der Waals surface area contributed by atoms with Gasteiger partial charge >= 0.3 is 0 Å². The third kappa shape index (κ3) is 1.96. The van der Waals surface area contributed by atoms with E-state index in [0.717, 1.165) is 17.8 Å². The van der Waals surface area contributed by atoms with Gasteiger partial charge in [-0.1, -0.05) is 19.8 Å². The van der Waals surface area contributed by atoms with Crippen molar-refractivity contribution in [3.63, 3.8) is 0 Å². The van der Waals surface area contributed by atoms with Crippen LogP contribution in [0.15, 0.2) is 0 Å². The Morgan fingerprint density at radius 1 is 1.27 bits per heavy atom. The molecule has 2 unspecified atom stereocenters. The van der Waals surface area contributed by atoms with E-state index in [0.29, 0.717) is 0 Å². The van der Waals surface area contributed by atoms with Crippen molar-refractivity contribution >= 4 is 0 Å². The number of rotatable bonds is 2. The molecule has 1 N–H and O–H groups in total. The van der Waals surface area contributed by atoms with E-state index < -0.39 is 0 Å². The van der Waals surface area contributed by atoms with Gasteiger partial charge in [0.1, 0.15) is 0 Å². The lowest BCUT2D eigenvalue weighted by atomic mass is 9.84. The van der Waals surface area contributed by atoms with Gasteiger partial charge in [0.05, 0.1) is 0 Å². The van der Waals surface area contributed by atoms with Gasteiger partial charge in [-0.15, -0.1) is 0 Å². The number of piperidine rings is 1. The molecule has 2 atom stereocenters. The van der Waals surface area contributed by atoms with Gasteiger partial charge in [-0.2, -0.15) is 0 Å². The Balaban J connectivity index is 1.78. The zero-order valence-electron chi connectivity index (χ0n) is 7.47. The molecule has 1 nitrogen and oxygen atoms in total. The molecule has 0 aromatic heterocycles. The number of hydrogen-bond acceptors (Lipinski definition) is 1. The summed E-state index contributed by atoms with van der Waals surface area (Å²) in [7, 11) is 0. The molecule has 11 heavy (non-hydrogen) atoms. The van der Waals surface area contributed by atoms with Crippen molar-refractivity contribution in [2.45, 2.75) is 32.6 Å². The molecule has 0 spiro atoms. The first-order valence-electron chi connectivity index (χ1n) is 5.07. The van der Waals surface area contributed by atoms with E-state index in [4.69, 9.17) is 0 Å². The van der Waals surface area contributed by atoms with Crippen LogP contribution in [-0.4, -0.2) is 13.1 Å². The first kappa shape index (κ1) is 7.60. The third-order valence-electron chi connectivity index (χ3n) is 3.32. The van der Waals surface area contributed by atoms with Gasteiger partial charge in [-0.25, -0.2) is 0 Å². The second-order valence-corrected chi connectivity index (χ2v) is 4.41. The predicted molar refractivity (Wildman–Crippen MR) is 47.5 cm³/mol. The molecule has 2 aliphatic rings. The van der Waals surface area contributed by atoms with Crippen LogP contribution in [0.25, 0.3) is 0 Å². The molecule has 0 aromatic rings. The average Bonchev–Trinajstić information content (AvgIpc) is 2.78. The van der Waals surface area contributed by atoms with E-state index >= 15 is 0 Å². The molecule has 0 amide bonds. The fraction of sp³-hybridized carbons (Fsp3) is 1.00. The summed E-state index contributed by atoms with van der Waals surface area (Å²) in [6.45, 7) is 4.97. The SMILES string of the molecule is CC1CCNCC1CC1CC1. The Kier molecular flexibility index (Phi) is 2.17. The molecule has 64 valence electrons. The minimum absolute atomic E-state index is 0.983. The van der Waals surface area contributed by atoms with Crippen molar-refractivity contribution < 1.29 is 0 Å². The molecular formula is C10H19N. The second-order valence-electron chi connectivity index (χ2n) is 4.41. The fourth-order valence-electron chi connectivity index (χ4n) is 2.15. The first-order chi connectivity index (χ1) is 5.36. The van der Waals surface area contributed by atoms with E-state index in [2.05, 4.69) is 12.2 Å². The summed E-state index contributed by atoms with van der Waals surface area (Å²) in [4.78, 5) is 0. The summed E-state index contributed by atoms with van der Waals surface area (Å²) in [6.07, 6.45) is 5.94. The van der Waals surface area contributed by atoms with Crippen molar-refractivity contribution in [3.8, 4) is 0 Å². The normalized spacial score (nSPS) is 39.0. The maximum atomic E-state index is 3.50. The zero-order chi connectivity index (χ0) is 7.68. The van der Waals surface area contributed by atoms with Crippen LogP contribution in [0.3, 0.4) is 0 Å². The number of nitrogens with one attached hydrogen (secondary N) is 1. The molecule has 1 aliphatic heterocycles. The van der Waals surface area contributed by atoms with Crippen molar-refractivity contribution in [3.05, 3.63) is 0 Å². The minimum Gasteiger partial charge on any atom is -0.316 e. The molecule has 0 aromatic carbocycles. The third-order valence-corrected chi connectivity index (χ3v) is 3.32. The lowest BCUT2D eigenvalue weighted by Gasteiger charge is -2.29. The summed E-state index contributed by atoms with van der Waals surface area (Å²) in [6, 6.07) is 0. The quantitative estimate of drug-likeness (QED) is 0.640. The van der Waals surface area contributed by atoms with Gasteiger partial charge in [0.15, 0.2) is 0 Å². The Morgan fingerprint density at radius 2 is 2.09 bits per heavy atom. The van der Waals surface area contributed by atoms with E-state index in [1.807, 2.05) is 0 Å². The average molecular weight is 153 g/mol. The topological polar surface area (TPSA) is 12.0 Å². The van der Waals surface area contributed by atoms with E-state index in [9.17, 15) is 0 Å². The molecule has 2 fully saturated rings. The minimum atomic E-state index is 0.983. The number of hydrogen-bond donors (Lipinski definition) is 1. The summed E-state index contributed by atoms with van der Waals surface area (Å²) in [5, 5.41) is 3.50. The summed E-state index contributed by atoms with van der Waals surface area (Å²) in [5.74, 6) is 3.09. The lowest BCUT2D eigenvalue weighted by molar-refractivity contribution is 0.250. The van der Waals surface area contributed by atoms with Crippen LogP contribution < -0.4 is 5.32 Å². The van der Waals surface area contributed by atoms with Crippen molar-refractivity contribution in [2.24, 2.45) is 17.8 Å². The first-order valence-corrected chi connectivity index (χ1v) is 5.07. The Morgan fingerprint density at radius 3 is 2.73 bits per heavy atom. The van der Waals surface area contributed by atoms with Crippen LogP contribution in [0.5, 0.6) is 0 Å². The highest BCUT2D eigenvalue weighted by Crippen LogP contribution is 2.38. The highest BCUT2D eigenvalue weighted by molar-refractivity contribution is 4.82. The van der Waals surface area contributed by atoms with Gasteiger partial charge in [0.25, 0.3) is 0 Å². The molecule has 1 heterocycles. The van der Waals surface area contributed by atoms with Crippen LogP contribution in [0.2, 0.25) is 0 Å². The monoisotopic (exact) mass is 153 g/mol. The van der Waals surface area contributed by atoms with Crippen LogP contribution >= 0.6 is 0 Å². The largest absolute Gasteiger partial charge is 0.316 e. The van der Waals surface area contributed by atoms with Crippen LogP contribution in [0.4, 0.5) is 0 Å². The predicted octanol–water partition coefficient (Wildman–Crippen LogP) is 2.03. The lowest BCUT2D eigenvalue weighted by Crippen LogP contribution is -2.35. The standard InChI is InChI=1S/C10H19N/c1-8-4-5-11-7-10(8)6-9-2-3-9/h8-11H,2-7H2,1H3. The summed E-state index contributed by atoms with van der Waals surface area (Å²) in [5.41, 5.74) is 0. The van der Waals surface area contributed by atoms with Gasteiger partial charge in [0, 0.05) is 0 Å².